The monoisotopic (exact) mass is 1190 g/mol. The second kappa shape index (κ2) is 21.8. The van der Waals surface area contributed by atoms with Crippen LogP contribution in [0.1, 0.15) is 172 Å². The van der Waals surface area contributed by atoms with Gasteiger partial charge >= 0.3 is 6.09 Å². The van der Waals surface area contributed by atoms with E-state index in [-0.39, 0.29) is 95.2 Å². The largest absolute Gasteiger partial charge is 0.444 e. The third-order valence-corrected chi connectivity index (χ3v) is 24.7. The number of benzene rings is 2. The number of nitrogens with zero attached hydrogens (tertiary/aromatic N) is 1. The van der Waals surface area contributed by atoms with Crippen LogP contribution in [-0.4, -0.2) is 137 Å². The summed E-state index contributed by atoms with van der Waals surface area (Å²) in [6.07, 6.45) is -2.76. The van der Waals surface area contributed by atoms with Gasteiger partial charge in [0.15, 0.2) is 12.0 Å². The van der Waals surface area contributed by atoms with E-state index in [1.54, 1.807) is 14.2 Å². The second-order valence-electron chi connectivity index (χ2n) is 30.8. The summed E-state index contributed by atoms with van der Waals surface area (Å²) < 4.78 is 43.4. The van der Waals surface area contributed by atoms with E-state index in [1.165, 1.54) is 4.90 Å². The molecule has 11 rings (SSSR count). The van der Waals surface area contributed by atoms with Crippen molar-refractivity contribution in [3.63, 3.8) is 0 Å². The zero-order chi connectivity index (χ0) is 63.4. The van der Waals surface area contributed by atoms with E-state index in [9.17, 15) is 29.7 Å². The minimum absolute atomic E-state index is 0.0347. The first kappa shape index (κ1) is 64.8. The molecule has 474 valence electrons. The van der Waals surface area contributed by atoms with Crippen LogP contribution in [0.15, 0.2) is 76.9 Å². The van der Waals surface area contributed by atoms with Gasteiger partial charge in [-0.3, -0.25) is 19.3 Å². The highest BCUT2D eigenvalue weighted by atomic mass is 16.6. The molecule has 3 saturated heterocycles. The van der Waals surface area contributed by atoms with E-state index in [2.05, 4.69) is 55.4 Å². The van der Waals surface area contributed by atoms with Crippen molar-refractivity contribution >= 4 is 23.4 Å². The fourth-order valence-electron chi connectivity index (χ4n) is 20.3. The van der Waals surface area contributed by atoms with Crippen molar-refractivity contribution in [2.45, 2.75) is 222 Å². The predicted octanol–water partition coefficient (Wildman–Crippen LogP) is 11.2. The van der Waals surface area contributed by atoms with Gasteiger partial charge in [0, 0.05) is 79.0 Å². The molecule has 2 aromatic rings. The summed E-state index contributed by atoms with van der Waals surface area (Å²) >= 11 is 0. The van der Waals surface area contributed by atoms with Crippen LogP contribution in [-0.2, 0) is 47.5 Å². The lowest BCUT2D eigenvalue weighted by Crippen LogP contribution is -2.74. The Hall–Kier alpha value is -4.16. The molecule has 9 aliphatic rings. The van der Waals surface area contributed by atoms with Gasteiger partial charge in [-0.25, -0.2) is 4.79 Å². The summed E-state index contributed by atoms with van der Waals surface area (Å²) in [6, 6.07) is 16.3. The highest BCUT2D eigenvalue weighted by molar-refractivity contribution is 5.92. The molecule has 15 nitrogen and oxygen atoms in total. The molecule has 2 aromatic carbocycles. The maximum absolute atomic E-state index is 15.1. The Kier molecular flexibility index (Phi) is 16.4. The number of hydrogen-bond acceptors (Lipinski definition) is 14. The molecule has 4 unspecified atom stereocenters. The average molecular weight is 1190 g/mol. The molecule has 0 radical (unpaired) electrons. The molecule has 4 bridgehead atoms. The molecule has 15 heteroatoms. The molecule has 3 heterocycles. The molecule has 4 saturated carbocycles. The summed E-state index contributed by atoms with van der Waals surface area (Å²) in [5, 5.41) is 36.5. The van der Waals surface area contributed by atoms with E-state index < -0.39 is 81.1 Å². The molecular weight excluding hydrogens is 1090 g/mol. The smallest absolute Gasteiger partial charge is 0.413 e. The van der Waals surface area contributed by atoms with Crippen LogP contribution in [0.4, 0.5) is 4.79 Å². The van der Waals surface area contributed by atoms with Gasteiger partial charge in [0.1, 0.15) is 29.9 Å². The lowest BCUT2D eigenvalue weighted by molar-refractivity contribution is -0.304. The number of methoxy groups -OCH3 is 2. The molecule has 7 fully saturated rings. The summed E-state index contributed by atoms with van der Waals surface area (Å²) in [7, 11) is 3.36. The number of Topliss-reactive ketones (excluding diaryl/α,β-unsaturated/α-hetero) is 3. The Balaban J connectivity index is 0.000000236. The highest BCUT2D eigenvalue weighted by Gasteiger charge is 2.75. The SMILES string of the molecule is CO[C@H]1C[C@H]2OC[C@@]2(C)C2[C@H](C)[C@]3(O)C[C@H](O)C(C)=C([C@@H](C)C(=O)[C@@]21C)C3(C)C.CO[C@H]1C[C@H]2OC[C@@]2(C)C2[C@H](C)[C@]3(O)C[C@H](OCC(=O)C4OC(c5ccc(C)cc5)N(C(=O)OC(C)(C)C)[C@H]4c4ccccc4)C(C)=C([C@@H](C)C(=O)[C@@]21C)C3(C)C. The molecule has 86 heavy (non-hydrogen) atoms. The molecule has 0 aromatic heterocycles. The van der Waals surface area contributed by atoms with E-state index in [0.717, 1.165) is 33.4 Å². The van der Waals surface area contributed by atoms with E-state index in [1.807, 2.05) is 124 Å². The van der Waals surface area contributed by atoms with Crippen LogP contribution in [0.2, 0.25) is 0 Å². The van der Waals surface area contributed by atoms with Gasteiger partial charge in [-0.05, 0) is 107 Å². The molecule has 1 amide bonds. The maximum atomic E-state index is 15.1. The summed E-state index contributed by atoms with van der Waals surface area (Å²) in [6.45, 7) is 36.9. The Labute approximate surface area is 511 Å². The molecule has 3 aliphatic heterocycles. The van der Waals surface area contributed by atoms with Crippen molar-refractivity contribution in [1.82, 2.24) is 4.90 Å². The summed E-state index contributed by atoms with van der Waals surface area (Å²) in [4.78, 5) is 59.6. The van der Waals surface area contributed by atoms with Gasteiger partial charge < -0.3 is 48.5 Å². The first-order valence-electron chi connectivity index (χ1n) is 31.7. The standard InChI is InChI=1S/C47H63NO9.C24H38O5/c1-26-18-20-31(21-19-26)41-48(42(51)57-43(5,6)7)37(30-16-14-13-15-17-30)38(56-41)32(49)24-54-33-23-47(52)29(4)39-45(10)25-55-34(45)22-35(53-12)46(39,11)40(50)28(3)36(27(33)2)44(47,8)9;1-12-15(25)10-24(27)14(3)19-22(6)11-29-16(22)9-17(28-8)23(19,7)20(26)13(2)18(12)21(24,4)5/h13-21,28-29,33-35,37-39,41,52H,22-25H2,1-12H3;13-17,19,25,27H,9-11H2,1-8H3/t28-,29+,33+,34-,35+,37+,38?,39?,41?,45-,46-,47-;13-,14+,15+,16-,17+,19?,22-,23-,24-/m11/s1. The Bertz CT molecular complexity index is 3050. The molecule has 3 N–H and O–H groups in total. The fraction of sp³-hybridized carbons (Fsp3) is 0.718. The third-order valence-electron chi connectivity index (χ3n) is 24.7. The summed E-state index contributed by atoms with van der Waals surface area (Å²) in [5.41, 5.74) is -0.776. The number of carbonyl (C=O) groups is 4. The van der Waals surface area contributed by atoms with Crippen molar-refractivity contribution in [2.24, 2.45) is 68.0 Å². The lowest BCUT2D eigenvalue weighted by Gasteiger charge is -2.69. The number of ketones is 3. The van der Waals surface area contributed by atoms with Crippen LogP contribution >= 0.6 is 0 Å². The predicted molar refractivity (Wildman–Crippen MR) is 325 cm³/mol. The van der Waals surface area contributed by atoms with Gasteiger partial charge in [0.2, 0.25) is 0 Å². The lowest BCUT2D eigenvalue weighted by atomic mass is 9.40. The first-order valence-corrected chi connectivity index (χ1v) is 31.7. The minimum Gasteiger partial charge on any atom is -0.444 e. The van der Waals surface area contributed by atoms with Crippen molar-refractivity contribution in [2.75, 3.05) is 34.0 Å². The van der Waals surface area contributed by atoms with E-state index >= 15 is 4.79 Å². The summed E-state index contributed by atoms with van der Waals surface area (Å²) in [5.74, 6) is -1.88. The number of aliphatic hydroxyl groups is 3. The number of ether oxygens (including phenoxy) is 7. The number of aliphatic hydroxyl groups excluding tert-OH is 1. The Morgan fingerprint density at radius 2 is 1.13 bits per heavy atom. The zero-order valence-electron chi connectivity index (χ0n) is 55.1. The zero-order valence-corrected chi connectivity index (χ0v) is 55.1. The Morgan fingerprint density at radius 3 is 1.57 bits per heavy atom. The number of carbonyl (C=O) groups excluding carboxylic acids is 4. The van der Waals surface area contributed by atoms with Crippen molar-refractivity contribution in [1.29, 1.82) is 0 Å². The van der Waals surface area contributed by atoms with Gasteiger partial charge in [0.05, 0.1) is 77.9 Å². The molecule has 21 atom stereocenters. The van der Waals surface area contributed by atoms with Crippen molar-refractivity contribution < 1.29 is 67.7 Å². The quantitative estimate of drug-likeness (QED) is 0.211. The number of rotatable bonds is 8. The minimum atomic E-state index is -1.31. The van der Waals surface area contributed by atoms with Gasteiger partial charge in [-0.1, -0.05) is 129 Å². The van der Waals surface area contributed by atoms with Crippen LogP contribution in [0.25, 0.3) is 0 Å². The van der Waals surface area contributed by atoms with Crippen LogP contribution in [0, 0.1) is 74.9 Å². The van der Waals surface area contributed by atoms with Crippen LogP contribution < -0.4 is 0 Å². The van der Waals surface area contributed by atoms with Crippen molar-refractivity contribution in [3.05, 3.63) is 93.6 Å². The second-order valence-corrected chi connectivity index (χ2v) is 30.8. The highest BCUT2D eigenvalue weighted by Crippen LogP contribution is 2.70. The number of hydrogen-bond donors (Lipinski definition) is 3. The van der Waals surface area contributed by atoms with E-state index in [4.69, 9.17) is 33.2 Å². The van der Waals surface area contributed by atoms with Gasteiger partial charge in [0.25, 0.3) is 0 Å². The van der Waals surface area contributed by atoms with Gasteiger partial charge in [-0.2, -0.15) is 0 Å². The molecule has 6 aliphatic carbocycles. The maximum Gasteiger partial charge on any atom is 0.413 e. The fourth-order valence-corrected chi connectivity index (χ4v) is 20.3. The van der Waals surface area contributed by atoms with Crippen LogP contribution in [0.3, 0.4) is 0 Å². The van der Waals surface area contributed by atoms with Crippen LogP contribution in [0.5, 0.6) is 0 Å². The number of amides is 1. The Morgan fingerprint density at radius 1 is 0.663 bits per heavy atom. The van der Waals surface area contributed by atoms with E-state index in [0.29, 0.717) is 38.0 Å². The molecular formula is C71H101NO14. The average Bonchev–Trinajstić information content (AvgIpc) is 0.794. The first-order chi connectivity index (χ1) is 39.9. The topological polar surface area (TPSA) is 197 Å². The molecule has 0 spiro atoms. The third kappa shape index (κ3) is 9.23. The van der Waals surface area contributed by atoms with Gasteiger partial charge in [-0.15, -0.1) is 0 Å². The number of aryl methyl sites for hydroxylation is 1. The van der Waals surface area contributed by atoms with Crippen molar-refractivity contribution in [3.8, 4) is 0 Å². The number of fused-ring (bicyclic) bond motifs is 10. The normalized spacial score (nSPS) is 43.9.